The number of aliphatic hydroxyl groups excluding tert-OH is 1. The van der Waals surface area contributed by atoms with E-state index in [0.717, 1.165) is 5.54 Å². The van der Waals surface area contributed by atoms with E-state index in [1.165, 1.54) is 5.54 Å². The van der Waals surface area contributed by atoms with E-state index in [1.54, 1.807) is 0 Å². The number of hydrogen-bond acceptors (Lipinski definition) is 17. The Balaban J connectivity index is 4.26. The molecule has 0 spiro atoms. The molecule has 6 atom stereocenters. The molecule has 0 saturated heterocycles. The van der Waals surface area contributed by atoms with Gasteiger partial charge < -0.3 is 34.5 Å². The minimum absolute atomic E-state index is 0.377. The van der Waals surface area contributed by atoms with Gasteiger partial charge in [-0.3, -0.25) is 40.7 Å². The summed E-state index contributed by atoms with van der Waals surface area (Å²) in [5.74, 6) is -2.01. The molecule has 0 aromatic rings. The van der Waals surface area contributed by atoms with Crippen molar-refractivity contribution in [3.05, 3.63) is 0 Å². The Bertz CT molecular complexity index is 1040. The van der Waals surface area contributed by atoms with Gasteiger partial charge in [-0.15, -0.1) is 8.96 Å². The summed E-state index contributed by atoms with van der Waals surface area (Å²) in [4.78, 5) is 55.4. The molecule has 0 fully saturated rings. The largest absolute Gasteiger partial charge is 0.472 e. The predicted octanol–water partition coefficient (Wildman–Crippen LogP) is -0.197. The summed E-state index contributed by atoms with van der Waals surface area (Å²) >= 11 is 0. The number of phosphoric ester groups is 5. The highest BCUT2D eigenvalue weighted by Crippen LogP contribution is 2.48. The van der Waals surface area contributed by atoms with Gasteiger partial charge in [0.1, 0.15) is 0 Å². The van der Waals surface area contributed by atoms with Gasteiger partial charge in [0, 0.05) is 31.5 Å². The fraction of sp³-hybridized carbons (Fsp3) is 1.00. The number of rotatable bonds is 29. The van der Waals surface area contributed by atoms with Gasteiger partial charge in [0.2, 0.25) is 0 Å². The van der Waals surface area contributed by atoms with E-state index in [2.05, 4.69) is 40.7 Å². The van der Waals surface area contributed by atoms with Gasteiger partial charge in [0.25, 0.3) is 0 Å². The van der Waals surface area contributed by atoms with Crippen molar-refractivity contribution in [1.82, 2.24) is 11.1 Å². The van der Waals surface area contributed by atoms with Crippen molar-refractivity contribution in [1.29, 1.82) is 0 Å². The van der Waals surface area contributed by atoms with Crippen molar-refractivity contribution in [3.63, 3.8) is 0 Å². The molecule has 0 amide bonds. The summed E-state index contributed by atoms with van der Waals surface area (Å²) in [6.07, 6.45) is 0. The minimum atomic E-state index is -4.91. The SMILES string of the molecule is O=P(O)(O)OCC(CNF)COP(=O)(O)OCCOP(=O)(O)OCCOP(=O)(O)OCCOP(=O)(O)OCC(CO)CNF. The summed E-state index contributed by atoms with van der Waals surface area (Å²) in [6, 6.07) is 0. The maximum Gasteiger partial charge on any atom is 0.472 e. The van der Waals surface area contributed by atoms with Gasteiger partial charge in [0.05, 0.1) is 59.5 Å². The summed E-state index contributed by atoms with van der Waals surface area (Å²) < 4.78 is 122. The summed E-state index contributed by atoms with van der Waals surface area (Å²) in [7, 11) is -24.1. The first-order chi connectivity index (χ1) is 20.3. The van der Waals surface area contributed by atoms with Crippen LogP contribution in [0.25, 0.3) is 0 Å². The van der Waals surface area contributed by atoms with Crippen LogP contribution in [0.2, 0.25) is 0 Å². The van der Waals surface area contributed by atoms with E-state index >= 15 is 0 Å². The van der Waals surface area contributed by atoms with Crippen molar-refractivity contribution in [2.75, 3.05) is 79.2 Å². The number of halogens is 2. The van der Waals surface area contributed by atoms with Crippen LogP contribution in [0.5, 0.6) is 0 Å². The lowest BCUT2D eigenvalue weighted by Crippen LogP contribution is -2.25. The van der Waals surface area contributed by atoms with E-state index in [-0.39, 0.29) is 6.54 Å². The third-order valence-electron chi connectivity index (χ3n) is 4.19. The summed E-state index contributed by atoms with van der Waals surface area (Å²) in [5.41, 5.74) is 2.40. The second kappa shape index (κ2) is 22.0. The Labute approximate surface area is 248 Å². The van der Waals surface area contributed by atoms with Crippen LogP contribution in [-0.4, -0.2) is 114 Å². The van der Waals surface area contributed by atoms with E-state index in [1.807, 2.05) is 0 Å². The number of hydrogen-bond donors (Lipinski definition) is 9. The molecule has 44 heavy (non-hydrogen) atoms. The van der Waals surface area contributed by atoms with E-state index in [9.17, 15) is 51.4 Å². The molecule has 9 N–H and O–H groups in total. The molecule has 0 heterocycles. The minimum Gasteiger partial charge on any atom is -0.396 e. The second-order valence-corrected chi connectivity index (χ2v) is 14.9. The van der Waals surface area contributed by atoms with Crippen LogP contribution in [0.15, 0.2) is 0 Å². The fourth-order valence-corrected chi connectivity index (χ4v) is 5.56. The molecule has 0 rings (SSSR count). The molecule has 0 saturated carbocycles. The van der Waals surface area contributed by atoms with Gasteiger partial charge in [0.15, 0.2) is 0 Å². The Morgan fingerprint density at radius 2 is 0.750 bits per heavy atom. The average Bonchev–Trinajstić information content (AvgIpc) is 2.91. The predicted molar refractivity (Wildman–Crippen MR) is 137 cm³/mol. The van der Waals surface area contributed by atoms with Gasteiger partial charge in [-0.1, -0.05) is 0 Å². The first-order valence-corrected chi connectivity index (χ1v) is 19.2. The highest BCUT2D eigenvalue weighted by molar-refractivity contribution is 7.48. The van der Waals surface area contributed by atoms with E-state index in [4.69, 9.17) is 14.9 Å². The molecule has 266 valence electrons. The number of phosphoric acid groups is 5. The molecule has 0 radical (unpaired) electrons. The Kier molecular flexibility index (Phi) is 22.2. The fourth-order valence-electron chi connectivity index (χ4n) is 2.23. The molecule has 30 heteroatoms. The smallest absolute Gasteiger partial charge is 0.396 e. The molecule has 0 aliphatic heterocycles. The van der Waals surface area contributed by atoms with E-state index < -0.39 is 124 Å². The summed E-state index contributed by atoms with van der Waals surface area (Å²) in [6.45, 7) is -8.42. The lowest BCUT2D eigenvalue weighted by atomic mass is 10.2. The standard InChI is InChI=1S/C14H35F2N2O21P5/c15-17-7-13(9-19)10-38-43(27,28)35-5-3-33-41(23,24)31-1-2-32-42(25,26)34-4-6-36-44(29,30)39-12-14(8-18-16)11-37-40(20,21)22/h13-14,17-19H,1-12H2,(H,23,24)(H,25,26)(H,27,28)(H,29,30)(H2,20,21,22). The lowest BCUT2D eigenvalue weighted by Gasteiger charge is -2.18. The van der Waals surface area contributed by atoms with Crippen LogP contribution in [0.4, 0.5) is 8.96 Å². The highest BCUT2D eigenvalue weighted by atomic mass is 31.2. The van der Waals surface area contributed by atoms with Crippen molar-refractivity contribution in [3.8, 4) is 0 Å². The molecule has 23 nitrogen and oxygen atoms in total. The van der Waals surface area contributed by atoms with E-state index in [0.29, 0.717) is 0 Å². The Morgan fingerprint density at radius 1 is 0.477 bits per heavy atom. The normalized spacial score (nSPS) is 19.4. The zero-order valence-corrected chi connectivity index (χ0v) is 27.0. The van der Waals surface area contributed by atoms with Crippen LogP contribution in [0.3, 0.4) is 0 Å². The molecule has 0 aliphatic rings. The van der Waals surface area contributed by atoms with Crippen LogP contribution < -0.4 is 11.1 Å². The van der Waals surface area contributed by atoms with Gasteiger partial charge in [-0.25, -0.2) is 22.8 Å². The highest BCUT2D eigenvalue weighted by Gasteiger charge is 2.28. The topological polar surface area (TPSA) is 334 Å². The molecular formula is C14H35F2N2O21P5. The maximum atomic E-state index is 12.3. The summed E-state index contributed by atoms with van der Waals surface area (Å²) in [5, 5.41) is 8.95. The quantitative estimate of drug-likeness (QED) is 0.0271. The Hall–Kier alpha value is 0.290. The van der Waals surface area contributed by atoms with Gasteiger partial charge in [-0.2, -0.15) is 11.1 Å². The molecule has 0 aromatic carbocycles. The zero-order valence-electron chi connectivity index (χ0n) is 22.5. The van der Waals surface area contributed by atoms with Crippen LogP contribution in [0, 0.1) is 11.8 Å². The molecule has 6 unspecified atom stereocenters. The van der Waals surface area contributed by atoms with Crippen molar-refractivity contribution < 1.29 is 107 Å². The lowest BCUT2D eigenvalue weighted by molar-refractivity contribution is 0.0709. The first-order valence-electron chi connectivity index (χ1n) is 11.7. The molecule has 0 aliphatic carbocycles. The van der Waals surface area contributed by atoms with Crippen molar-refractivity contribution >= 4 is 39.1 Å². The second-order valence-electron chi connectivity index (χ2n) is 7.84. The third-order valence-corrected chi connectivity index (χ3v) is 8.68. The Morgan fingerprint density at radius 3 is 1.05 bits per heavy atom. The third kappa shape index (κ3) is 25.4. The molecule has 0 bridgehead atoms. The van der Waals surface area contributed by atoms with Gasteiger partial charge in [-0.05, 0) is 0 Å². The van der Waals surface area contributed by atoms with Crippen LogP contribution in [-0.2, 0) is 63.5 Å². The monoisotopic (exact) mass is 760 g/mol. The molecular weight excluding hydrogens is 725 g/mol. The number of aliphatic hydroxyl groups is 1. The van der Waals surface area contributed by atoms with Crippen LogP contribution in [0.1, 0.15) is 0 Å². The van der Waals surface area contributed by atoms with Crippen molar-refractivity contribution in [2.45, 2.75) is 0 Å². The number of nitrogens with one attached hydrogen (secondary N) is 2. The van der Waals surface area contributed by atoms with Crippen molar-refractivity contribution in [2.24, 2.45) is 11.8 Å². The maximum absolute atomic E-state index is 12.3. The van der Waals surface area contributed by atoms with Gasteiger partial charge >= 0.3 is 39.1 Å². The average molecular weight is 760 g/mol. The zero-order chi connectivity index (χ0) is 33.9. The molecule has 0 aromatic heterocycles. The van der Waals surface area contributed by atoms with Crippen LogP contribution >= 0.6 is 39.1 Å². The first kappa shape index (κ1) is 44.3.